The van der Waals surface area contributed by atoms with Crippen molar-refractivity contribution in [1.82, 2.24) is 9.88 Å². The maximum atomic E-state index is 12.0. The lowest BCUT2D eigenvalue weighted by molar-refractivity contribution is 0.0862. The van der Waals surface area contributed by atoms with E-state index in [-0.39, 0.29) is 12.0 Å². The van der Waals surface area contributed by atoms with Crippen molar-refractivity contribution in [1.29, 1.82) is 0 Å². The Hall–Kier alpha value is -0.810. The Morgan fingerprint density at radius 1 is 1.71 bits per heavy atom. The molecule has 1 heterocycles. The Morgan fingerprint density at radius 2 is 2.41 bits per heavy atom. The molecule has 0 aliphatic heterocycles. The van der Waals surface area contributed by atoms with Crippen molar-refractivity contribution in [2.75, 3.05) is 13.7 Å². The summed E-state index contributed by atoms with van der Waals surface area (Å²) in [5, 5.41) is 2.88. The summed E-state index contributed by atoms with van der Waals surface area (Å²) in [4.78, 5) is 12.0. The van der Waals surface area contributed by atoms with Gasteiger partial charge in [-0.1, -0.05) is 0 Å². The van der Waals surface area contributed by atoms with E-state index in [1.165, 1.54) is 0 Å². The van der Waals surface area contributed by atoms with E-state index in [4.69, 9.17) is 4.74 Å². The normalized spacial score (nSPS) is 16.9. The Bertz CT molecular complexity index is 413. The molecule has 0 bridgehead atoms. The van der Waals surface area contributed by atoms with E-state index < -0.39 is 0 Å². The Morgan fingerprint density at radius 3 is 3.00 bits per heavy atom. The van der Waals surface area contributed by atoms with Gasteiger partial charge in [-0.25, -0.2) is 0 Å². The predicted octanol–water partition coefficient (Wildman–Crippen LogP) is 2.35. The van der Waals surface area contributed by atoms with Gasteiger partial charge in [-0.3, -0.25) is 4.79 Å². The molecule has 1 saturated carbocycles. The summed E-state index contributed by atoms with van der Waals surface area (Å²) in [6, 6.07) is 2.37. The number of aromatic nitrogens is 1. The number of nitrogens with one attached hydrogen (secondary N) is 1. The van der Waals surface area contributed by atoms with Crippen molar-refractivity contribution in [2.45, 2.75) is 31.9 Å². The number of halogens is 1. The van der Waals surface area contributed by atoms with Crippen LogP contribution >= 0.6 is 15.9 Å². The van der Waals surface area contributed by atoms with E-state index in [0.29, 0.717) is 12.6 Å². The first-order chi connectivity index (χ1) is 8.11. The van der Waals surface area contributed by atoms with Gasteiger partial charge in [0.25, 0.3) is 5.91 Å². The zero-order valence-electron chi connectivity index (χ0n) is 10.1. The second-order valence-corrected chi connectivity index (χ2v) is 5.35. The number of hydrogen-bond donors (Lipinski definition) is 1. The van der Waals surface area contributed by atoms with Crippen LogP contribution in [0.25, 0.3) is 0 Å². The summed E-state index contributed by atoms with van der Waals surface area (Å²) >= 11 is 3.42. The molecule has 17 heavy (non-hydrogen) atoms. The van der Waals surface area contributed by atoms with Crippen LogP contribution in [0.4, 0.5) is 0 Å². The van der Waals surface area contributed by atoms with Gasteiger partial charge in [-0.2, -0.15) is 0 Å². The van der Waals surface area contributed by atoms with Crippen molar-refractivity contribution in [2.24, 2.45) is 0 Å². The van der Waals surface area contributed by atoms with E-state index in [9.17, 15) is 4.79 Å². The van der Waals surface area contributed by atoms with Crippen molar-refractivity contribution in [3.8, 4) is 0 Å². The summed E-state index contributed by atoms with van der Waals surface area (Å²) in [7, 11) is 1.64. The lowest BCUT2D eigenvalue weighted by Gasteiger charge is -2.12. The van der Waals surface area contributed by atoms with E-state index in [0.717, 1.165) is 23.0 Å². The van der Waals surface area contributed by atoms with Crippen LogP contribution in [0.15, 0.2) is 16.7 Å². The molecule has 0 spiro atoms. The number of rotatable bonds is 5. The van der Waals surface area contributed by atoms with Crippen molar-refractivity contribution in [3.63, 3.8) is 0 Å². The van der Waals surface area contributed by atoms with Crippen LogP contribution in [0.1, 0.15) is 36.3 Å². The zero-order chi connectivity index (χ0) is 12.4. The molecule has 4 nitrogen and oxygen atoms in total. The minimum atomic E-state index is -0.0356. The molecule has 1 aliphatic rings. The topological polar surface area (TPSA) is 43.3 Å². The van der Waals surface area contributed by atoms with Crippen LogP contribution in [0.3, 0.4) is 0 Å². The van der Waals surface area contributed by atoms with Crippen LogP contribution in [0, 0.1) is 0 Å². The van der Waals surface area contributed by atoms with Crippen LogP contribution in [-0.2, 0) is 4.74 Å². The van der Waals surface area contributed by atoms with Crippen molar-refractivity contribution in [3.05, 3.63) is 22.4 Å². The number of carbonyl (C=O) groups excluding carboxylic acids is 1. The number of ether oxygens (including phenoxy) is 1. The third-order valence-corrected chi connectivity index (χ3v) is 3.37. The molecule has 1 fully saturated rings. The molecule has 1 amide bonds. The summed E-state index contributed by atoms with van der Waals surface area (Å²) in [6.45, 7) is 2.46. The fraction of sp³-hybridized carbons (Fsp3) is 0.583. The Balaban J connectivity index is 2.03. The highest BCUT2D eigenvalue weighted by atomic mass is 79.9. The molecule has 1 aliphatic carbocycles. The maximum absolute atomic E-state index is 12.0. The number of methoxy groups -OCH3 is 1. The van der Waals surface area contributed by atoms with E-state index in [1.807, 2.05) is 19.2 Å². The van der Waals surface area contributed by atoms with E-state index in [2.05, 4.69) is 25.8 Å². The molecule has 0 aromatic carbocycles. The van der Waals surface area contributed by atoms with Crippen molar-refractivity contribution >= 4 is 21.8 Å². The van der Waals surface area contributed by atoms with Crippen LogP contribution in [0.5, 0.6) is 0 Å². The predicted molar refractivity (Wildman–Crippen MR) is 69.2 cm³/mol. The lowest BCUT2D eigenvalue weighted by Crippen LogP contribution is -2.32. The van der Waals surface area contributed by atoms with Gasteiger partial charge in [-0.15, -0.1) is 0 Å². The van der Waals surface area contributed by atoms with Gasteiger partial charge in [0.15, 0.2) is 0 Å². The molecule has 0 saturated heterocycles. The number of amides is 1. The smallest absolute Gasteiger partial charge is 0.268 e. The summed E-state index contributed by atoms with van der Waals surface area (Å²) < 4.78 is 8.11. The molecule has 1 N–H and O–H groups in total. The average molecular weight is 301 g/mol. The molecule has 94 valence electrons. The molecule has 5 heteroatoms. The van der Waals surface area contributed by atoms with Crippen LogP contribution in [0.2, 0.25) is 0 Å². The number of carbonyl (C=O) groups is 1. The second kappa shape index (κ2) is 5.23. The highest BCUT2D eigenvalue weighted by molar-refractivity contribution is 9.10. The SMILES string of the molecule is COC(C)CNC(=O)c1cc(Br)cn1C1CC1. The quantitative estimate of drug-likeness (QED) is 0.907. The fourth-order valence-corrected chi connectivity index (χ4v) is 2.13. The standard InChI is InChI=1S/C12H17BrN2O2/c1-8(17-2)6-14-12(16)11-5-9(13)7-15(11)10-3-4-10/h5,7-8,10H,3-4,6H2,1-2H3,(H,14,16). The fourth-order valence-electron chi connectivity index (χ4n) is 1.69. The van der Waals surface area contributed by atoms with Gasteiger partial charge < -0.3 is 14.6 Å². The van der Waals surface area contributed by atoms with Crippen LogP contribution < -0.4 is 5.32 Å². The second-order valence-electron chi connectivity index (χ2n) is 4.44. The zero-order valence-corrected chi connectivity index (χ0v) is 11.7. The van der Waals surface area contributed by atoms with Crippen LogP contribution in [-0.4, -0.2) is 30.2 Å². The summed E-state index contributed by atoms with van der Waals surface area (Å²) in [5.41, 5.74) is 0.725. The molecule has 1 aromatic rings. The van der Waals surface area contributed by atoms with E-state index in [1.54, 1.807) is 7.11 Å². The van der Waals surface area contributed by atoms with Gasteiger partial charge in [-0.05, 0) is 41.8 Å². The van der Waals surface area contributed by atoms with Gasteiger partial charge in [0.05, 0.1) is 6.10 Å². The first-order valence-electron chi connectivity index (χ1n) is 5.80. The molecule has 1 aromatic heterocycles. The largest absolute Gasteiger partial charge is 0.380 e. The molecular weight excluding hydrogens is 284 g/mol. The maximum Gasteiger partial charge on any atom is 0.268 e. The minimum Gasteiger partial charge on any atom is -0.380 e. The van der Waals surface area contributed by atoms with E-state index >= 15 is 0 Å². The number of hydrogen-bond acceptors (Lipinski definition) is 2. The monoisotopic (exact) mass is 300 g/mol. The van der Waals surface area contributed by atoms with Gasteiger partial charge in [0, 0.05) is 30.4 Å². The molecule has 0 radical (unpaired) electrons. The summed E-state index contributed by atoms with van der Waals surface area (Å²) in [5.74, 6) is -0.0356. The van der Waals surface area contributed by atoms with Gasteiger partial charge in [0.1, 0.15) is 5.69 Å². The molecule has 2 rings (SSSR count). The Kier molecular flexibility index (Phi) is 3.89. The third kappa shape index (κ3) is 3.10. The van der Waals surface area contributed by atoms with Crippen molar-refractivity contribution < 1.29 is 9.53 Å². The molecule has 1 unspecified atom stereocenters. The van der Waals surface area contributed by atoms with Gasteiger partial charge >= 0.3 is 0 Å². The highest BCUT2D eigenvalue weighted by Crippen LogP contribution is 2.37. The first-order valence-corrected chi connectivity index (χ1v) is 6.59. The molecule has 1 atom stereocenters. The highest BCUT2D eigenvalue weighted by Gasteiger charge is 2.27. The first kappa shape index (κ1) is 12.6. The minimum absolute atomic E-state index is 0.0340. The lowest BCUT2D eigenvalue weighted by atomic mass is 10.3. The summed E-state index contributed by atoms with van der Waals surface area (Å²) in [6.07, 6.45) is 4.34. The van der Waals surface area contributed by atoms with Gasteiger partial charge in [0.2, 0.25) is 0 Å². The average Bonchev–Trinajstić information content (AvgIpc) is 3.09. The molecular formula is C12H17BrN2O2. The third-order valence-electron chi connectivity index (χ3n) is 2.94. The number of nitrogens with zero attached hydrogens (tertiary/aromatic N) is 1. The Labute approximate surface area is 109 Å².